The minimum absolute atomic E-state index is 0.0792. The number of carbonyl (C=O) groups is 1. The molecule has 0 N–H and O–H groups in total. The SMILES string of the molecule is O=C1c2c(cc(N3CCC(N4CCCC4)CC3)nc2-c2ccccc2)OCCCN1Cc1cc(C(F)(F)F)cc(C(F)(F)F)c1. The Bertz CT molecular complexity index is 1480. The van der Waals surface area contributed by atoms with Crippen molar-refractivity contribution in [3.05, 3.63) is 76.9 Å². The lowest BCUT2D eigenvalue weighted by atomic mass is 10.0. The molecule has 0 unspecified atom stereocenters. The predicted octanol–water partition coefficient (Wildman–Crippen LogP) is 7.28. The number of ether oxygens (including phenoxy) is 1. The number of pyridine rings is 1. The van der Waals surface area contributed by atoms with Gasteiger partial charge in [-0.25, -0.2) is 4.98 Å². The Morgan fingerprint density at radius 1 is 0.800 bits per heavy atom. The van der Waals surface area contributed by atoms with Crippen molar-refractivity contribution in [3.63, 3.8) is 0 Å². The molecule has 45 heavy (non-hydrogen) atoms. The van der Waals surface area contributed by atoms with Gasteiger partial charge in [0, 0.05) is 43.9 Å². The van der Waals surface area contributed by atoms with Crippen LogP contribution in [0, 0.1) is 0 Å². The number of carbonyl (C=O) groups excluding carboxylic acids is 1. The quantitative estimate of drug-likeness (QED) is 0.277. The molecular formula is C33H34F6N4O2. The van der Waals surface area contributed by atoms with Crippen LogP contribution in [0.25, 0.3) is 11.3 Å². The van der Waals surface area contributed by atoms with Crippen LogP contribution in [0.4, 0.5) is 32.2 Å². The summed E-state index contributed by atoms with van der Waals surface area (Å²) in [4.78, 5) is 25.1. The predicted molar refractivity (Wildman–Crippen MR) is 157 cm³/mol. The summed E-state index contributed by atoms with van der Waals surface area (Å²) in [5, 5.41) is 0. The second-order valence-electron chi connectivity index (χ2n) is 11.9. The number of amides is 1. The maximum absolute atomic E-state index is 14.2. The van der Waals surface area contributed by atoms with Gasteiger partial charge >= 0.3 is 12.4 Å². The van der Waals surface area contributed by atoms with Gasteiger partial charge in [-0.05, 0) is 69.0 Å². The number of halogens is 6. The fourth-order valence-corrected chi connectivity index (χ4v) is 6.54. The number of benzene rings is 2. The molecule has 0 radical (unpaired) electrons. The molecule has 1 amide bonds. The molecule has 2 aromatic carbocycles. The lowest BCUT2D eigenvalue weighted by Gasteiger charge is -2.37. The van der Waals surface area contributed by atoms with Crippen molar-refractivity contribution >= 4 is 11.7 Å². The van der Waals surface area contributed by atoms with Crippen molar-refractivity contribution in [2.24, 2.45) is 0 Å². The Hall–Kier alpha value is -3.80. The van der Waals surface area contributed by atoms with Crippen LogP contribution in [-0.2, 0) is 18.9 Å². The van der Waals surface area contributed by atoms with Gasteiger partial charge in [0.15, 0.2) is 0 Å². The zero-order chi connectivity index (χ0) is 31.8. The number of hydrogen-bond donors (Lipinski definition) is 0. The highest BCUT2D eigenvalue weighted by Crippen LogP contribution is 2.39. The van der Waals surface area contributed by atoms with Gasteiger partial charge in [0.05, 0.1) is 23.4 Å². The third-order valence-corrected chi connectivity index (χ3v) is 8.81. The monoisotopic (exact) mass is 632 g/mol. The first kappa shape index (κ1) is 31.2. The Labute approximate surface area is 257 Å². The van der Waals surface area contributed by atoms with Gasteiger partial charge in [0.1, 0.15) is 17.1 Å². The maximum atomic E-state index is 14.2. The summed E-state index contributed by atoms with van der Waals surface area (Å²) in [5.41, 5.74) is -1.94. The van der Waals surface area contributed by atoms with E-state index in [1.54, 1.807) is 6.07 Å². The average Bonchev–Trinajstić information content (AvgIpc) is 3.56. The number of alkyl halides is 6. The van der Waals surface area contributed by atoms with E-state index in [1.165, 1.54) is 17.7 Å². The van der Waals surface area contributed by atoms with E-state index >= 15 is 0 Å². The first-order chi connectivity index (χ1) is 21.5. The van der Waals surface area contributed by atoms with Crippen LogP contribution in [0.1, 0.15) is 59.2 Å². The summed E-state index contributed by atoms with van der Waals surface area (Å²) in [6, 6.07) is 12.8. The molecule has 4 heterocycles. The van der Waals surface area contributed by atoms with Gasteiger partial charge in [0.2, 0.25) is 0 Å². The Morgan fingerprint density at radius 3 is 2.07 bits per heavy atom. The molecule has 6 rings (SSSR count). The van der Waals surface area contributed by atoms with Gasteiger partial charge in [-0.2, -0.15) is 26.3 Å². The average molecular weight is 633 g/mol. The van der Waals surface area contributed by atoms with Gasteiger partial charge in [-0.3, -0.25) is 4.79 Å². The molecule has 1 aromatic heterocycles. The molecule has 2 saturated heterocycles. The first-order valence-electron chi connectivity index (χ1n) is 15.3. The Morgan fingerprint density at radius 2 is 1.44 bits per heavy atom. The zero-order valence-electron chi connectivity index (χ0n) is 24.6. The van der Waals surface area contributed by atoms with Gasteiger partial charge in [0.25, 0.3) is 5.91 Å². The zero-order valence-corrected chi connectivity index (χ0v) is 24.6. The summed E-state index contributed by atoms with van der Waals surface area (Å²) in [6.07, 6.45) is -5.19. The summed E-state index contributed by atoms with van der Waals surface area (Å²) < 4.78 is 87.5. The van der Waals surface area contributed by atoms with E-state index in [4.69, 9.17) is 9.72 Å². The number of rotatable bonds is 5. The van der Waals surface area contributed by atoms with Crippen molar-refractivity contribution in [2.45, 2.75) is 57.0 Å². The van der Waals surface area contributed by atoms with E-state index in [9.17, 15) is 31.1 Å². The summed E-state index contributed by atoms with van der Waals surface area (Å²) in [7, 11) is 0. The second kappa shape index (κ2) is 12.5. The van der Waals surface area contributed by atoms with Crippen LogP contribution in [-0.4, -0.2) is 66.1 Å². The topological polar surface area (TPSA) is 48.9 Å². The molecule has 3 aromatic rings. The third kappa shape index (κ3) is 6.90. The van der Waals surface area contributed by atoms with Crippen LogP contribution >= 0.6 is 0 Å². The van der Waals surface area contributed by atoms with Gasteiger partial charge in [-0.1, -0.05) is 30.3 Å². The maximum Gasteiger partial charge on any atom is 0.416 e. The molecule has 0 spiro atoms. The van der Waals surface area contributed by atoms with E-state index in [0.29, 0.717) is 47.4 Å². The first-order valence-corrected chi connectivity index (χ1v) is 15.3. The minimum Gasteiger partial charge on any atom is -0.492 e. The number of hydrogen-bond acceptors (Lipinski definition) is 5. The Balaban J connectivity index is 1.35. The highest BCUT2D eigenvalue weighted by Gasteiger charge is 2.38. The third-order valence-electron chi connectivity index (χ3n) is 8.81. The lowest BCUT2D eigenvalue weighted by Crippen LogP contribution is -2.44. The summed E-state index contributed by atoms with van der Waals surface area (Å²) >= 11 is 0. The molecule has 0 bridgehead atoms. The number of piperidine rings is 1. The van der Waals surface area contributed by atoms with Gasteiger partial charge in [-0.15, -0.1) is 0 Å². The van der Waals surface area contributed by atoms with Crippen LogP contribution in [0.3, 0.4) is 0 Å². The largest absolute Gasteiger partial charge is 0.492 e. The summed E-state index contributed by atoms with van der Waals surface area (Å²) in [5.74, 6) is 0.400. The van der Waals surface area contributed by atoms with Crippen molar-refractivity contribution < 1.29 is 35.9 Å². The number of nitrogens with zero attached hydrogens (tertiary/aromatic N) is 4. The van der Waals surface area contributed by atoms with Gasteiger partial charge < -0.3 is 19.4 Å². The molecule has 0 atom stereocenters. The van der Waals surface area contributed by atoms with Crippen molar-refractivity contribution in [3.8, 4) is 17.0 Å². The highest BCUT2D eigenvalue weighted by atomic mass is 19.4. The number of fused-ring (bicyclic) bond motifs is 1. The van der Waals surface area contributed by atoms with E-state index in [-0.39, 0.29) is 30.3 Å². The molecule has 6 nitrogen and oxygen atoms in total. The standard InChI is InChI=1S/C33H34F6N4O2/c34-32(35,36)24-17-22(18-25(19-24)33(37,38)39)21-43-13-6-16-45-27-20-28(42-14-9-26(10-15-42)41-11-4-5-12-41)40-30(29(27)31(43)44)23-7-2-1-3-8-23/h1-3,7-8,17-20,26H,4-6,9-16,21H2. The summed E-state index contributed by atoms with van der Waals surface area (Å²) in [6.45, 7) is 3.69. The molecule has 12 heteroatoms. The van der Waals surface area contributed by atoms with Crippen LogP contribution in [0.5, 0.6) is 5.75 Å². The molecule has 0 saturated carbocycles. The number of aromatic nitrogens is 1. The van der Waals surface area contributed by atoms with Crippen LogP contribution in [0.15, 0.2) is 54.6 Å². The normalized spacial score (nSPS) is 18.8. The molecule has 240 valence electrons. The van der Waals surface area contributed by atoms with E-state index in [2.05, 4.69) is 9.80 Å². The van der Waals surface area contributed by atoms with Crippen molar-refractivity contribution in [1.29, 1.82) is 0 Å². The second-order valence-corrected chi connectivity index (χ2v) is 11.9. The van der Waals surface area contributed by atoms with Crippen LogP contribution < -0.4 is 9.64 Å². The highest BCUT2D eigenvalue weighted by molar-refractivity contribution is 6.03. The van der Waals surface area contributed by atoms with Crippen molar-refractivity contribution in [2.75, 3.05) is 44.2 Å². The lowest BCUT2D eigenvalue weighted by molar-refractivity contribution is -0.143. The minimum atomic E-state index is -4.99. The fraction of sp³-hybridized carbons (Fsp3) is 0.455. The Kier molecular flexibility index (Phi) is 8.69. The number of anilines is 1. The van der Waals surface area contributed by atoms with E-state index in [0.717, 1.165) is 39.0 Å². The molecular weight excluding hydrogens is 598 g/mol. The molecule has 3 aliphatic rings. The van der Waals surface area contributed by atoms with E-state index < -0.39 is 35.9 Å². The van der Waals surface area contributed by atoms with Crippen molar-refractivity contribution in [1.82, 2.24) is 14.8 Å². The molecule has 0 aliphatic carbocycles. The molecule has 3 aliphatic heterocycles. The van der Waals surface area contributed by atoms with E-state index in [1.807, 2.05) is 30.3 Å². The van der Waals surface area contributed by atoms with Crippen LogP contribution in [0.2, 0.25) is 0 Å². The number of likely N-dealkylation sites (tertiary alicyclic amines) is 1. The molecule has 2 fully saturated rings. The smallest absolute Gasteiger partial charge is 0.416 e. The fourth-order valence-electron chi connectivity index (χ4n) is 6.54.